The molecule has 0 aliphatic heterocycles. The molecule has 8 nitrogen and oxygen atoms in total. The predicted octanol–water partition coefficient (Wildman–Crippen LogP) is 2.76. The molecule has 0 fully saturated rings. The van der Waals surface area contributed by atoms with Gasteiger partial charge < -0.3 is 20.1 Å². The van der Waals surface area contributed by atoms with E-state index in [9.17, 15) is 14.0 Å². The van der Waals surface area contributed by atoms with E-state index in [1.165, 1.54) is 24.5 Å². The van der Waals surface area contributed by atoms with E-state index < -0.39 is 17.6 Å². The summed E-state index contributed by atoms with van der Waals surface area (Å²) in [4.78, 5) is 32.2. The Bertz CT molecular complexity index is 951. The average Bonchev–Trinajstić information content (AvgIpc) is 2.75. The molecule has 1 heterocycles. The molecule has 31 heavy (non-hydrogen) atoms. The lowest BCUT2D eigenvalue weighted by Gasteiger charge is -2.10. The molecule has 0 radical (unpaired) electrons. The van der Waals surface area contributed by atoms with Gasteiger partial charge in [-0.3, -0.25) is 14.6 Å². The number of aromatic nitrogens is 2. The van der Waals surface area contributed by atoms with Crippen molar-refractivity contribution in [2.45, 2.75) is 6.42 Å². The normalized spacial score (nSPS) is 10.7. The SMILES string of the molecule is C=C(CCNC(=O)c1cnc(/C=C/COC)cn1)NC(=O)COc1ccc(Cl)c(F)c1. The number of hydrogen-bond donors (Lipinski definition) is 2. The van der Waals surface area contributed by atoms with Crippen molar-refractivity contribution in [1.82, 2.24) is 20.6 Å². The summed E-state index contributed by atoms with van der Waals surface area (Å²) >= 11 is 5.59. The summed E-state index contributed by atoms with van der Waals surface area (Å²) in [5.74, 6) is -1.32. The Hall–Kier alpha value is -3.30. The number of nitrogens with zero attached hydrogens (tertiary/aromatic N) is 2. The molecule has 2 rings (SSSR count). The number of amides is 2. The monoisotopic (exact) mass is 448 g/mol. The number of methoxy groups -OCH3 is 1. The van der Waals surface area contributed by atoms with Crippen molar-refractivity contribution >= 4 is 29.5 Å². The van der Waals surface area contributed by atoms with Gasteiger partial charge in [0.25, 0.3) is 11.8 Å². The number of carbonyl (C=O) groups is 2. The van der Waals surface area contributed by atoms with E-state index in [4.69, 9.17) is 21.1 Å². The van der Waals surface area contributed by atoms with Crippen LogP contribution in [0.3, 0.4) is 0 Å². The first-order valence-corrected chi connectivity index (χ1v) is 9.58. The zero-order valence-corrected chi connectivity index (χ0v) is 17.6. The lowest BCUT2D eigenvalue weighted by Crippen LogP contribution is -2.31. The zero-order valence-electron chi connectivity index (χ0n) is 16.9. The quantitative estimate of drug-likeness (QED) is 0.548. The number of carbonyl (C=O) groups excluding carboxylic acids is 2. The second-order valence-corrected chi connectivity index (χ2v) is 6.61. The fraction of sp³-hybridized carbons (Fsp3) is 0.238. The minimum Gasteiger partial charge on any atom is -0.484 e. The van der Waals surface area contributed by atoms with Gasteiger partial charge in [0.05, 0.1) is 29.7 Å². The van der Waals surface area contributed by atoms with Crippen LogP contribution in [0.4, 0.5) is 4.39 Å². The van der Waals surface area contributed by atoms with E-state index in [0.29, 0.717) is 24.4 Å². The molecular weight excluding hydrogens is 427 g/mol. The fourth-order valence-corrected chi connectivity index (χ4v) is 2.35. The third-order valence-corrected chi connectivity index (χ3v) is 4.05. The molecule has 0 unspecified atom stereocenters. The largest absolute Gasteiger partial charge is 0.484 e. The molecule has 1 aromatic heterocycles. The van der Waals surface area contributed by atoms with Gasteiger partial charge in [-0.25, -0.2) is 9.37 Å². The molecule has 2 amide bonds. The Morgan fingerprint density at radius 3 is 2.77 bits per heavy atom. The summed E-state index contributed by atoms with van der Waals surface area (Å²) in [6, 6.07) is 3.88. The van der Waals surface area contributed by atoms with E-state index >= 15 is 0 Å². The molecule has 0 aliphatic rings. The fourth-order valence-electron chi connectivity index (χ4n) is 2.24. The van der Waals surface area contributed by atoms with Gasteiger partial charge in [-0.05, 0) is 18.2 Å². The Labute approximate surface area is 184 Å². The van der Waals surface area contributed by atoms with Crippen LogP contribution in [-0.2, 0) is 9.53 Å². The number of hydrogen-bond acceptors (Lipinski definition) is 6. The van der Waals surface area contributed by atoms with E-state index in [1.54, 1.807) is 19.3 Å². The van der Waals surface area contributed by atoms with Crippen LogP contribution in [0.15, 0.2) is 48.9 Å². The van der Waals surface area contributed by atoms with Crippen molar-refractivity contribution in [1.29, 1.82) is 0 Å². The van der Waals surface area contributed by atoms with Crippen LogP contribution in [0.5, 0.6) is 5.75 Å². The first-order chi connectivity index (χ1) is 14.9. The minimum atomic E-state index is -0.637. The Kier molecular flexibility index (Phi) is 9.60. The molecule has 2 aromatic rings. The number of benzene rings is 1. The maximum absolute atomic E-state index is 13.3. The number of halogens is 2. The van der Waals surface area contributed by atoms with Gasteiger partial charge in [0.1, 0.15) is 17.3 Å². The van der Waals surface area contributed by atoms with Gasteiger partial charge in [0.15, 0.2) is 6.61 Å². The maximum atomic E-state index is 13.3. The molecule has 0 saturated heterocycles. The molecular formula is C21H22ClFN4O4. The molecule has 10 heteroatoms. The van der Waals surface area contributed by atoms with Crippen LogP contribution in [-0.4, -0.2) is 48.7 Å². The van der Waals surface area contributed by atoms with Gasteiger partial charge in [0, 0.05) is 31.8 Å². The van der Waals surface area contributed by atoms with E-state index in [1.807, 2.05) is 0 Å². The molecule has 0 aliphatic carbocycles. The van der Waals surface area contributed by atoms with Gasteiger partial charge >= 0.3 is 0 Å². The van der Waals surface area contributed by atoms with Gasteiger partial charge in [-0.1, -0.05) is 24.3 Å². The number of ether oxygens (including phenoxy) is 2. The smallest absolute Gasteiger partial charge is 0.271 e. The highest BCUT2D eigenvalue weighted by atomic mass is 35.5. The lowest BCUT2D eigenvalue weighted by molar-refractivity contribution is -0.122. The van der Waals surface area contributed by atoms with Crippen LogP contribution < -0.4 is 15.4 Å². The van der Waals surface area contributed by atoms with E-state index in [2.05, 4.69) is 27.2 Å². The summed E-state index contributed by atoms with van der Waals surface area (Å²) in [5, 5.41) is 5.18. The van der Waals surface area contributed by atoms with Crippen molar-refractivity contribution in [3.63, 3.8) is 0 Å². The molecule has 0 atom stereocenters. The summed E-state index contributed by atoms with van der Waals surface area (Å²) < 4.78 is 23.4. The Morgan fingerprint density at radius 1 is 1.29 bits per heavy atom. The summed E-state index contributed by atoms with van der Waals surface area (Å²) in [6.45, 7) is 4.09. The topological polar surface area (TPSA) is 102 Å². The highest BCUT2D eigenvalue weighted by Gasteiger charge is 2.09. The predicted molar refractivity (Wildman–Crippen MR) is 114 cm³/mol. The van der Waals surface area contributed by atoms with E-state index in [-0.39, 0.29) is 29.6 Å². The molecule has 0 saturated carbocycles. The Balaban J connectivity index is 1.69. The summed E-state index contributed by atoms with van der Waals surface area (Å²) in [5.41, 5.74) is 1.16. The van der Waals surface area contributed by atoms with Crippen molar-refractivity contribution in [2.75, 3.05) is 26.9 Å². The number of rotatable bonds is 11. The number of nitrogens with one attached hydrogen (secondary N) is 2. The molecule has 164 valence electrons. The molecule has 1 aromatic carbocycles. The van der Waals surface area contributed by atoms with Gasteiger partial charge in [0.2, 0.25) is 0 Å². The van der Waals surface area contributed by atoms with Crippen molar-refractivity contribution in [2.24, 2.45) is 0 Å². The third kappa shape index (κ3) is 8.53. The van der Waals surface area contributed by atoms with Crippen molar-refractivity contribution in [3.05, 3.63) is 71.2 Å². The summed E-state index contributed by atoms with van der Waals surface area (Å²) in [6.07, 6.45) is 6.67. The van der Waals surface area contributed by atoms with Crippen LogP contribution in [0.2, 0.25) is 5.02 Å². The standard InChI is InChI=1S/C21H22ClFN4O4/c1-14(27-20(28)13-31-16-5-6-17(22)18(23)10-16)7-8-24-21(29)19-12-25-15(11-26-19)4-3-9-30-2/h3-6,10-12H,1,7-9,13H2,2H3,(H,24,29)(H,27,28)/b4-3+. The highest BCUT2D eigenvalue weighted by Crippen LogP contribution is 2.20. The van der Waals surface area contributed by atoms with Crippen LogP contribution in [0, 0.1) is 5.82 Å². The average molecular weight is 449 g/mol. The van der Waals surface area contributed by atoms with Crippen LogP contribution in [0.1, 0.15) is 22.6 Å². The summed E-state index contributed by atoms with van der Waals surface area (Å²) in [7, 11) is 1.58. The second kappa shape index (κ2) is 12.4. The van der Waals surface area contributed by atoms with Crippen LogP contribution in [0.25, 0.3) is 6.08 Å². The highest BCUT2D eigenvalue weighted by molar-refractivity contribution is 6.30. The molecule has 0 bridgehead atoms. The van der Waals surface area contributed by atoms with Gasteiger partial charge in [-0.2, -0.15) is 0 Å². The zero-order chi connectivity index (χ0) is 22.6. The van der Waals surface area contributed by atoms with Crippen molar-refractivity contribution in [3.8, 4) is 5.75 Å². The first-order valence-electron chi connectivity index (χ1n) is 9.20. The van der Waals surface area contributed by atoms with E-state index in [0.717, 1.165) is 6.07 Å². The molecule has 2 N–H and O–H groups in total. The minimum absolute atomic E-state index is 0.0342. The van der Waals surface area contributed by atoms with Crippen molar-refractivity contribution < 1.29 is 23.5 Å². The maximum Gasteiger partial charge on any atom is 0.271 e. The third-order valence-electron chi connectivity index (χ3n) is 3.75. The van der Waals surface area contributed by atoms with Gasteiger partial charge in [-0.15, -0.1) is 0 Å². The Morgan fingerprint density at radius 2 is 2.10 bits per heavy atom. The van der Waals surface area contributed by atoms with Crippen LogP contribution >= 0.6 is 11.6 Å². The lowest BCUT2D eigenvalue weighted by atomic mass is 10.3. The second-order valence-electron chi connectivity index (χ2n) is 6.21. The first kappa shape index (κ1) is 24.0. The molecule has 0 spiro atoms.